The van der Waals surface area contributed by atoms with Crippen molar-refractivity contribution in [2.24, 2.45) is 16.9 Å². The number of nitrogens with one attached hydrogen (secondary N) is 1. The van der Waals surface area contributed by atoms with Gasteiger partial charge in [0.05, 0.1) is 0 Å². The lowest BCUT2D eigenvalue weighted by Gasteiger charge is -2.25. The molecule has 0 aliphatic heterocycles. The summed E-state index contributed by atoms with van der Waals surface area (Å²) in [7, 11) is 0. The van der Waals surface area contributed by atoms with Crippen molar-refractivity contribution in [1.29, 1.82) is 0 Å². The van der Waals surface area contributed by atoms with Gasteiger partial charge >= 0.3 is 0 Å². The van der Waals surface area contributed by atoms with Gasteiger partial charge in [0.1, 0.15) is 0 Å². The van der Waals surface area contributed by atoms with Crippen LogP contribution in [0.15, 0.2) is 0 Å². The van der Waals surface area contributed by atoms with Crippen LogP contribution in [0.4, 0.5) is 0 Å². The lowest BCUT2D eigenvalue weighted by molar-refractivity contribution is 0.308. The zero-order valence-corrected chi connectivity index (χ0v) is 9.27. The molecule has 0 saturated heterocycles. The van der Waals surface area contributed by atoms with E-state index in [9.17, 15) is 0 Å². The molecule has 0 aromatic rings. The number of rotatable bonds is 7. The fourth-order valence-electron chi connectivity index (χ4n) is 1.44. The summed E-state index contributed by atoms with van der Waals surface area (Å²) in [6.45, 7) is 9.17. The van der Waals surface area contributed by atoms with Gasteiger partial charge in [0.2, 0.25) is 0 Å². The van der Waals surface area contributed by atoms with Crippen LogP contribution in [-0.2, 0) is 0 Å². The van der Waals surface area contributed by atoms with Crippen molar-refractivity contribution in [1.82, 2.24) is 5.32 Å². The van der Waals surface area contributed by atoms with Crippen molar-refractivity contribution in [2.75, 3.05) is 19.6 Å². The third-order valence-corrected chi connectivity index (χ3v) is 2.24. The second-order valence-electron chi connectivity index (χ2n) is 4.54. The Morgan fingerprint density at radius 2 is 2.00 bits per heavy atom. The summed E-state index contributed by atoms with van der Waals surface area (Å²) in [6.07, 6.45) is 2.48. The summed E-state index contributed by atoms with van der Waals surface area (Å²) >= 11 is 0. The third kappa shape index (κ3) is 6.99. The first-order chi connectivity index (χ1) is 6.02. The monoisotopic (exact) mass is 187 g/mol. The highest BCUT2D eigenvalue weighted by Crippen LogP contribution is 2.20. The van der Waals surface area contributed by atoms with E-state index in [1.165, 1.54) is 12.8 Å². The molecule has 0 spiro atoms. The summed E-state index contributed by atoms with van der Waals surface area (Å²) in [5.74, 6) is 0. The Morgan fingerprint density at radius 3 is 2.46 bits per heavy atom. The Bertz CT molecular complexity index is 123. The molecule has 0 radical (unpaired) electrons. The van der Waals surface area contributed by atoms with Crippen LogP contribution in [0.5, 0.6) is 0 Å². The molecule has 0 amide bonds. The Hall–Kier alpha value is -0.120. The fraction of sp³-hybridized carbons (Fsp3) is 1.00. The zero-order chi connectivity index (χ0) is 10.3. The number of hydrogen-bond acceptors (Lipinski definition) is 3. The standard InChI is InChI=1S/C10H25N3/c1-4-5-10(2,3)8-13-7-9(12)6-11/h9,13H,4-8,11-12H2,1-3H3. The smallest absolute Gasteiger partial charge is 0.0290 e. The van der Waals surface area contributed by atoms with Crippen molar-refractivity contribution < 1.29 is 0 Å². The van der Waals surface area contributed by atoms with Crippen LogP contribution in [0, 0.1) is 5.41 Å². The van der Waals surface area contributed by atoms with Crippen molar-refractivity contribution >= 4 is 0 Å². The van der Waals surface area contributed by atoms with E-state index in [2.05, 4.69) is 26.1 Å². The van der Waals surface area contributed by atoms with E-state index in [1.807, 2.05) is 0 Å². The summed E-state index contributed by atoms with van der Waals surface area (Å²) in [4.78, 5) is 0. The van der Waals surface area contributed by atoms with E-state index in [1.54, 1.807) is 0 Å². The van der Waals surface area contributed by atoms with E-state index in [0.717, 1.165) is 13.1 Å². The molecule has 0 fully saturated rings. The average molecular weight is 187 g/mol. The van der Waals surface area contributed by atoms with Crippen LogP contribution in [-0.4, -0.2) is 25.7 Å². The molecule has 0 aromatic carbocycles. The van der Waals surface area contributed by atoms with Gasteiger partial charge in [-0.1, -0.05) is 27.2 Å². The maximum atomic E-state index is 5.69. The number of hydrogen-bond donors (Lipinski definition) is 3. The first kappa shape index (κ1) is 12.9. The minimum Gasteiger partial charge on any atom is -0.329 e. The van der Waals surface area contributed by atoms with E-state index in [0.29, 0.717) is 12.0 Å². The van der Waals surface area contributed by atoms with Crippen LogP contribution in [0.2, 0.25) is 0 Å². The van der Waals surface area contributed by atoms with E-state index < -0.39 is 0 Å². The van der Waals surface area contributed by atoms with Gasteiger partial charge in [-0.05, 0) is 11.8 Å². The lowest BCUT2D eigenvalue weighted by atomic mass is 9.88. The maximum Gasteiger partial charge on any atom is 0.0290 e. The molecule has 0 aliphatic carbocycles. The molecule has 0 bridgehead atoms. The molecule has 3 heteroatoms. The first-order valence-electron chi connectivity index (χ1n) is 5.18. The molecular formula is C10H25N3. The quantitative estimate of drug-likeness (QED) is 0.549. The molecule has 1 atom stereocenters. The minimum atomic E-state index is 0.0948. The number of nitrogens with two attached hydrogens (primary N) is 2. The van der Waals surface area contributed by atoms with Crippen molar-refractivity contribution in [3.63, 3.8) is 0 Å². The van der Waals surface area contributed by atoms with Crippen LogP contribution in [0.1, 0.15) is 33.6 Å². The SMILES string of the molecule is CCCC(C)(C)CNCC(N)CN. The summed E-state index contributed by atoms with van der Waals surface area (Å²) < 4.78 is 0. The van der Waals surface area contributed by atoms with Gasteiger partial charge in [-0.25, -0.2) is 0 Å². The normalized spacial score (nSPS) is 14.5. The topological polar surface area (TPSA) is 64.1 Å². The summed E-state index contributed by atoms with van der Waals surface area (Å²) in [5.41, 5.74) is 11.5. The molecule has 13 heavy (non-hydrogen) atoms. The highest BCUT2D eigenvalue weighted by molar-refractivity contribution is 4.73. The molecule has 0 rings (SSSR count). The Balaban J connectivity index is 3.50. The maximum absolute atomic E-state index is 5.69. The van der Waals surface area contributed by atoms with Gasteiger partial charge in [-0.3, -0.25) is 0 Å². The Kier molecular flexibility index (Phi) is 6.29. The van der Waals surface area contributed by atoms with Crippen LogP contribution in [0.25, 0.3) is 0 Å². The molecule has 0 aromatic heterocycles. The lowest BCUT2D eigenvalue weighted by Crippen LogP contribution is -2.42. The largest absolute Gasteiger partial charge is 0.329 e. The molecule has 3 nitrogen and oxygen atoms in total. The molecular weight excluding hydrogens is 162 g/mol. The highest BCUT2D eigenvalue weighted by Gasteiger charge is 2.15. The van der Waals surface area contributed by atoms with Gasteiger partial charge in [0.25, 0.3) is 0 Å². The Morgan fingerprint density at radius 1 is 1.38 bits per heavy atom. The first-order valence-corrected chi connectivity index (χ1v) is 5.18. The Labute approximate surface area is 82.3 Å². The van der Waals surface area contributed by atoms with Gasteiger partial charge in [0, 0.05) is 25.7 Å². The molecule has 0 heterocycles. The predicted octanol–water partition coefficient (Wildman–Crippen LogP) is 0.688. The van der Waals surface area contributed by atoms with Crippen molar-refractivity contribution in [2.45, 2.75) is 39.7 Å². The molecule has 0 saturated carbocycles. The third-order valence-electron chi connectivity index (χ3n) is 2.24. The summed E-state index contributed by atoms with van der Waals surface area (Å²) in [6, 6.07) is 0.0948. The van der Waals surface area contributed by atoms with Crippen molar-refractivity contribution in [3.8, 4) is 0 Å². The van der Waals surface area contributed by atoms with Crippen LogP contribution < -0.4 is 16.8 Å². The zero-order valence-electron chi connectivity index (χ0n) is 9.27. The average Bonchev–Trinajstić information content (AvgIpc) is 2.03. The second-order valence-corrected chi connectivity index (χ2v) is 4.54. The van der Waals surface area contributed by atoms with E-state index in [4.69, 9.17) is 11.5 Å². The molecule has 5 N–H and O–H groups in total. The molecule has 1 unspecified atom stereocenters. The second kappa shape index (κ2) is 6.35. The van der Waals surface area contributed by atoms with Crippen LogP contribution >= 0.6 is 0 Å². The van der Waals surface area contributed by atoms with Gasteiger partial charge < -0.3 is 16.8 Å². The predicted molar refractivity (Wildman–Crippen MR) is 58.6 cm³/mol. The van der Waals surface area contributed by atoms with Gasteiger partial charge in [-0.15, -0.1) is 0 Å². The molecule has 80 valence electrons. The van der Waals surface area contributed by atoms with E-state index >= 15 is 0 Å². The summed E-state index contributed by atoms with van der Waals surface area (Å²) in [5, 5.41) is 3.36. The van der Waals surface area contributed by atoms with Gasteiger partial charge in [0.15, 0.2) is 0 Å². The fourth-order valence-corrected chi connectivity index (χ4v) is 1.44. The van der Waals surface area contributed by atoms with E-state index in [-0.39, 0.29) is 6.04 Å². The van der Waals surface area contributed by atoms with Crippen LogP contribution in [0.3, 0.4) is 0 Å². The minimum absolute atomic E-state index is 0.0948. The molecule has 0 aliphatic rings. The van der Waals surface area contributed by atoms with Gasteiger partial charge in [-0.2, -0.15) is 0 Å². The van der Waals surface area contributed by atoms with Crippen molar-refractivity contribution in [3.05, 3.63) is 0 Å². The highest BCUT2D eigenvalue weighted by atomic mass is 14.9.